The van der Waals surface area contributed by atoms with Gasteiger partial charge in [-0.25, -0.2) is 0 Å². The first-order valence-corrected chi connectivity index (χ1v) is 8.42. The molecule has 0 heterocycles. The second-order valence-electron chi connectivity index (χ2n) is 4.59. The minimum absolute atomic E-state index is 0.171. The third-order valence-corrected chi connectivity index (χ3v) is 4.70. The summed E-state index contributed by atoms with van der Waals surface area (Å²) in [6, 6.07) is 2.07. The smallest absolute Gasteiger partial charge is 0.258 e. The van der Waals surface area contributed by atoms with Gasteiger partial charge in [0.05, 0.1) is 21.3 Å². The van der Waals surface area contributed by atoms with Crippen LogP contribution in [0.15, 0.2) is 23.1 Å². The number of hydrogen-bond donors (Lipinski definition) is 0. The number of nitrogens with zero attached hydrogens (tertiary/aromatic N) is 1. The molecule has 0 bridgehead atoms. The summed E-state index contributed by atoms with van der Waals surface area (Å²) in [7, 11) is -1.70. The Morgan fingerprint density at radius 2 is 1.82 bits per heavy atom. The summed E-state index contributed by atoms with van der Waals surface area (Å²) in [6.45, 7) is 0. The lowest BCUT2D eigenvalue weighted by atomic mass is 10.2. The van der Waals surface area contributed by atoms with Crippen molar-refractivity contribution >= 4 is 28.1 Å². The van der Waals surface area contributed by atoms with Gasteiger partial charge in [0.1, 0.15) is 4.90 Å². The molecule has 0 aliphatic carbocycles. The predicted molar refractivity (Wildman–Crippen MR) is 78.6 cm³/mol. The van der Waals surface area contributed by atoms with Crippen molar-refractivity contribution in [3.63, 3.8) is 0 Å². The van der Waals surface area contributed by atoms with E-state index >= 15 is 0 Å². The van der Waals surface area contributed by atoms with Gasteiger partial charge in [-0.3, -0.25) is 14.3 Å². The molecule has 0 aliphatic heterocycles. The topological polar surface area (TPSA) is 60.2 Å². The van der Waals surface area contributed by atoms with E-state index < -0.39 is 33.2 Å². The molecule has 4 nitrogen and oxygen atoms in total. The van der Waals surface area contributed by atoms with Gasteiger partial charge in [0.25, 0.3) is 5.69 Å². The molecule has 9 heteroatoms. The Kier molecular flexibility index (Phi) is 7.28. The number of alkyl halides is 4. The van der Waals surface area contributed by atoms with Crippen molar-refractivity contribution < 1.29 is 22.3 Å². The lowest BCUT2D eigenvalue weighted by Crippen LogP contribution is -2.08. The molecule has 1 atom stereocenters. The Morgan fingerprint density at radius 3 is 2.36 bits per heavy atom. The fraction of sp³-hybridized carbons (Fsp3) is 0.538. The zero-order valence-electron chi connectivity index (χ0n) is 11.6. The standard InChI is InChI=1S/C13H15ClF3NO3S/c14-7-3-1-2-4-8-22(21)12-6-5-10(13(15,16)17)9-11(12)18(19)20/h5-6,9H,1-4,7-8H2. The number of benzene rings is 1. The number of unbranched alkanes of at least 4 members (excludes halogenated alkanes) is 3. The first-order valence-electron chi connectivity index (χ1n) is 6.57. The average molecular weight is 358 g/mol. The van der Waals surface area contributed by atoms with E-state index in [0.717, 1.165) is 25.3 Å². The van der Waals surface area contributed by atoms with Crippen molar-refractivity contribution in [3.05, 3.63) is 33.9 Å². The Balaban J connectivity index is 2.85. The van der Waals surface area contributed by atoms with Gasteiger partial charge in [-0.2, -0.15) is 13.2 Å². The van der Waals surface area contributed by atoms with Crippen LogP contribution < -0.4 is 0 Å². The normalized spacial score (nSPS) is 13.1. The van der Waals surface area contributed by atoms with Crippen LogP contribution in [0.5, 0.6) is 0 Å². The lowest BCUT2D eigenvalue weighted by molar-refractivity contribution is -0.388. The zero-order valence-corrected chi connectivity index (χ0v) is 13.1. The summed E-state index contributed by atoms with van der Waals surface area (Å²) in [5.74, 6) is 0.710. The van der Waals surface area contributed by atoms with E-state index in [1.54, 1.807) is 0 Å². The number of nitro benzene ring substituents is 1. The molecule has 0 saturated heterocycles. The Labute approximate surface area is 133 Å². The molecule has 1 rings (SSSR count). The summed E-state index contributed by atoms with van der Waals surface area (Å²) >= 11 is 5.52. The Hall–Kier alpha value is -1.15. The molecule has 0 amide bonds. The Bertz CT molecular complexity index is 552. The molecule has 1 unspecified atom stereocenters. The molecular weight excluding hydrogens is 343 g/mol. The van der Waals surface area contributed by atoms with Crippen LogP contribution in [0.2, 0.25) is 0 Å². The second-order valence-corrected chi connectivity index (χ2v) is 6.51. The molecule has 124 valence electrons. The summed E-state index contributed by atoms with van der Waals surface area (Å²) in [6.07, 6.45) is -1.65. The fourth-order valence-corrected chi connectivity index (χ4v) is 3.28. The van der Waals surface area contributed by atoms with Crippen LogP contribution in [0.25, 0.3) is 0 Å². The van der Waals surface area contributed by atoms with Gasteiger partial charge < -0.3 is 0 Å². The van der Waals surface area contributed by atoms with Gasteiger partial charge in [-0.1, -0.05) is 12.8 Å². The van der Waals surface area contributed by atoms with E-state index in [4.69, 9.17) is 11.6 Å². The quantitative estimate of drug-likeness (QED) is 0.297. The minimum atomic E-state index is -4.67. The number of rotatable bonds is 8. The maximum absolute atomic E-state index is 12.6. The van der Waals surface area contributed by atoms with E-state index in [1.807, 2.05) is 0 Å². The maximum Gasteiger partial charge on any atom is 0.416 e. The van der Waals surface area contributed by atoms with E-state index in [0.29, 0.717) is 24.4 Å². The lowest BCUT2D eigenvalue weighted by Gasteiger charge is -2.08. The second kappa shape index (κ2) is 8.47. The van der Waals surface area contributed by atoms with Gasteiger partial charge in [0.15, 0.2) is 0 Å². The highest BCUT2D eigenvalue weighted by Crippen LogP contribution is 2.34. The van der Waals surface area contributed by atoms with Crippen molar-refractivity contribution in [2.75, 3.05) is 11.6 Å². The van der Waals surface area contributed by atoms with Gasteiger partial charge in [-0.15, -0.1) is 11.6 Å². The van der Waals surface area contributed by atoms with Crippen molar-refractivity contribution in [1.29, 1.82) is 0 Å². The summed E-state index contributed by atoms with van der Waals surface area (Å²) in [5.41, 5.74) is -1.88. The average Bonchev–Trinajstić information content (AvgIpc) is 2.45. The third-order valence-electron chi connectivity index (χ3n) is 2.94. The van der Waals surface area contributed by atoms with Crippen molar-refractivity contribution in [2.24, 2.45) is 0 Å². The number of hydrogen-bond acceptors (Lipinski definition) is 3. The van der Waals surface area contributed by atoms with E-state index in [9.17, 15) is 27.5 Å². The summed E-state index contributed by atoms with van der Waals surface area (Å²) < 4.78 is 49.8. The van der Waals surface area contributed by atoms with Crippen LogP contribution >= 0.6 is 11.6 Å². The first kappa shape index (κ1) is 18.9. The summed E-state index contributed by atoms with van der Waals surface area (Å²) in [4.78, 5) is 9.80. The molecule has 0 aromatic heterocycles. The first-order chi connectivity index (χ1) is 10.3. The van der Waals surface area contributed by atoms with E-state index in [-0.39, 0.29) is 10.6 Å². The maximum atomic E-state index is 12.6. The van der Waals surface area contributed by atoms with Crippen LogP contribution in [-0.4, -0.2) is 20.8 Å². The van der Waals surface area contributed by atoms with Gasteiger partial charge in [-0.05, 0) is 25.0 Å². The van der Waals surface area contributed by atoms with Crippen LogP contribution in [-0.2, 0) is 17.0 Å². The van der Waals surface area contributed by atoms with E-state index in [1.165, 1.54) is 0 Å². The van der Waals surface area contributed by atoms with Gasteiger partial charge >= 0.3 is 6.18 Å². The molecular formula is C13H15ClF3NO3S. The fourth-order valence-electron chi connectivity index (χ4n) is 1.82. The molecule has 0 fully saturated rings. The number of nitro groups is 1. The Morgan fingerprint density at radius 1 is 1.18 bits per heavy atom. The predicted octanol–water partition coefficient (Wildman–Crippen LogP) is 4.52. The van der Waals surface area contributed by atoms with Crippen LogP contribution in [0.1, 0.15) is 31.2 Å². The highest BCUT2D eigenvalue weighted by atomic mass is 35.5. The molecule has 0 N–H and O–H groups in total. The molecule has 0 radical (unpaired) electrons. The highest BCUT2D eigenvalue weighted by Gasteiger charge is 2.33. The molecule has 0 aliphatic rings. The highest BCUT2D eigenvalue weighted by molar-refractivity contribution is 7.85. The monoisotopic (exact) mass is 357 g/mol. The van der Waals surface area contributed by atoms with Crippen molar-refractivity contribution in [3.8, 4) is 0 Å². The molecule has 0 saturated carbocycles. The number of halogens is 4. The van der Waals surface area contributed by atoms with Crippen LogP contribution in [0, 0.1) is 10.1 Å². The molecule has 1 aromatic carbocycles. The molecule has 0 spiro atoms. The third kappa shape index (κ3) is 5.57. The van der Waals surface area contributed by atoms with Crippen molar-refractivity contribution in [1.82, 2.24) is 0 Å². The zero-order chi connectivity index (χ0) is 16.8. The molecule has 1 aromatic rings. The largest absolute Gasteiger partial charge is 0.416 e. The van der Waals surface area contributed by atoms with Crippen LogP contribution in [0.3, 0.4) is 0 Å². The van der Waals surface area contributed by atoms with Crippen LogP contribution in [0.4, 0.5) is 18.9 Å². The van der Waals surface area contributed by atoms with Gasteiger partial charge in [0.2, 0.25) is 0 Å². The summed E-state index contributed by atoms with van der Waals surface area (Å²) in [5, 5.41) is 10.9. The van der Waals surface area contributed by atoms with Gasteiger partial charge in [0, 0.05) is 17.7 Å². The van der Waals surface area contributed by atoms with E-state index in [2.05, 4.69) is 0 Å². The van der Waals surface area contributed by atoms with Crippen molar-refractivity contribution in [2.45, 2.75) is 36.8 Å². The minimum Gasteiger partial charge on any atom is -0.258 e. The SMILES string of the molecule is O=[N+]([O-])c1cc(C(F)(F)F)ccc1S(=O)CCCCCCCl. The molecule has 22 heavy (non-hydrogen) atoms.